The average Bonchev–Trinajstić information content (AvgIpc) is 2.49. The van der Waals surface area contributed by atoms with Crippen molar-refractivity contribution in [1.29, 1.82) is 0 Å². The summed E-state index contributed by atoms with van der Waals surface area (Å²) in [6.07, 6.45) is 3.84. The predicted octanol–water partition coefficient (Wildman–Crippen LogP) is 2.42. The van der Waals surface area contributed by atoms with Gasteiger partial charge in [0.1, 0.15) is 0 Å². The SMILES string of the molecule is SCc1cn2cccc(Cl)c2n1. The molecule has 2 nitrogen and oxygen atoms in total. The zero-order valence-corrected chi connectivity index (χ0v) is 7.89. The van der Waals surface area contributed by atoms with E-state index in [4.69, 9.17) is 11.6 Å². The summed E-state index contributed by atoms with van der Waals surface area (Å²) in [5.41, 5.74) is 1.73. The minimum Gasteiger partial charge on any atom is -0.306 e. The van der Waals surface area contributed by atoms with Crippen LogP contribution in [0, 0.1) is 0 Å². The molecular weight excluding hydrogens is 192 g/mol. The molecule has 2 rings (SSSR count). The van der Waals surface area contributed by atoms with E-state index in [0.717, 1.165) is 11.3 Å². The zero-order valence-electron chi connectivity index (χ0n) is 6.24. The second-order valence-electron chi connectivity index (χ2n) is 2.48. The topological polar surface area (TPSA) is 17.3 Å². The maximum absolute atomic E-state index is 5.92. The van der Waals surface area contributed by atoms with E-state index >= 15 is 0 Å². The second kappa shape index (κ2) is 2.99. The number of nitrogens with zero attached hydrogens (tertiary/aromatic N) is 2. The first-order valence-electron chi connectivity index (χ1n) is 3.54. The molecule has 0 amide bonds. The molecule has 0 aliphatic rings. The van der Waals surface area contributed by atoms with E-state index in [1.165, 1.54) is 0 Å². The molecule has 0 saturated carbocycles. The average molecular weight is 199 g/mol. The molecule has 0 N–H and O–H groups in total. The first-order valence-corrected chi connectivity index (χ1v) is 4.55. The Morgan fingerprint density at radius 3 is 3.08 bits per heavy atom. The Hall–Kier alpha value is -0.670. The van der Waals surface area contributed by atoms with Gasteiger partial charge in [-0.15, -0.1) is 0 Å². The van der Waals surface area contributed by atoms with E-state index in [2.05, 4.69) is 17.6 Å². The summed E-state index contributed by atoms with van der Waals surface area (Å²) in [5, 5.41) is 0.672. The highest BCUT2D eigenvalue weighted by atomic mass is 35.5. The van der Waals surface area contributed by atoms with E-state index in [1.807, 2.05) is 28.9 Å². The monoisotopic (exact) mass is 198 g/mol. The number of fused-ring (bicyclic) bond motifs is 1. The number of rotatable bonds is 1. The number of hydrogen-bond acceptors (Lipinski definition) is 2. The van der Waals surface area contributed by atoms with Crippen LogP contribution in [-0.2, 0) is 5.75 Å². The molecule has 62 valence electrons. The quantitative estimate of drug-likeness (QED) is 0.697. The fourth-order valence-electron chi connectivity index (χ4n) is 1.11. The van der Waals surface area contributed by atoms with Crippen molar-refractivity contribution in [2.24, 2.45) is 0 Å². The van der Waals surface area contributed by atoms with Gasteiger partial charge < -0.3 is 4.40 Å². The van der Waals surface area contributed by atoms with Crippen molar-refractivity contribution in [3.8, 4) is 0 Å². The summed E-state index contributed by atoms with van der Waals surface area (Å²) in [5.74, 6) is 0.637. The van der Waals surface area contributed by atoms with Crippen LogP contribution in [0.4, 0.5) is 0 Å². The molecule has 0 unspecified atom stereocenters. The third-order valence-corrected chi connectivity index (χ3v) is 2.27. The summed E-state index contributed by atoms with van der Waals surface area (Å²) in [6.45, 7) is 0. The molecule has 0 fully saturated rings. The molecule has 0 aliphatic carbocycles. The van der Waals surface area contributed by atoms with Gasteiger partial charge in [0.2, 0.25) is 0 Å². The fraction of sp³-hybridized carbons (Fsp3) is 0.125. The highest BCUT2D eigenvalue weighted by molar-refractivity contribution is 7.79. The van der Waals surface area contributed by atoms with Crippen molar-refractivity contribution < 1.29 is 0 Å². The minimum absolute atomic E-state index is 0.637. The van der Waals surface area contributed by atoms with Crippen LogP contribution in [-0.4, -0.2) is 9.38 Å². The van der Waals surface area contributed by atoms with Crippen molar-refractivity contribution in [3.63, 3.8) is 0 Å². The lowest BCUT2D eigenvalue weighted by atomic mass is 10.5. The zero-order chi connectivity index (χ0) is 8.55. The van der Waals surface area contributed by atoms with Gasteiger partial charge >= 0.3 is 0 Å². The van der Waals surface area contributed by atoms with Gasteiger partial charge in [0.15, 0.2) is 5.65 Å². The molecule has 0 aliphatic heterocycles. The van der Waals surface area contributed by atoms with Crippen molar-refractivity contribution in [2.75, 3.05) is 0 Å². The highest BCUT2D eigenvalue weighted by Gasteiger charge is 2.01. The number of halogens is 1. The molecule has 0 saturated heterocycles. The Kier molecular flexibility index (Phi) is 1.98. The molecule has 0 radical (unpaired) electrons. The van der Waals surface area contributed by atoms with Crippen molar-refractivity contribution >= 4 is 29.9 Å². The van der Waals surface area contributed by atoms with Crippen LogP contribution in [0.15, 0.2) is 24.5 Å². The smallest absolute Gasteiger partial charge is 0.155 e. The van der Waals surface area contributed by atoms with Crippen LogP contribution in [0.5, 0.6) is 0 Å². The van der Waals surface area contributed by atoms with Crippen molar-refractivity contribution in [3.05, 3.63) is 35.2 Å². The van der Waals surface area contributed by atoms with Gasteiger partial charge in [-0.2, -0.15) is 12.6 Å². The van der Waals surface area contributed by atoms with Crippen LogP contribution >= 0.6 is 24.2 Å². The van der Waals surface area contributed by atoms with Crippen LogP contribution in [0.2, 0.25) is 5.02 Å². The van der Waals surface area contributed by atoms with E-state index in [-0.39, 0.29) is 0 Å². The molecule has 0 atom stereocenters. The summed E-state index contributed by atoms with van der Waals surface area (Å²) in [7, 11) is 0. The van der Waals surface area contributed by atoms with Gasteiger partial charge in [0, 0.05) is 18.1 Å². The van der Waals surface area contributed by atoms with E-state index < -0.39 is 0 Å². The second-order valence-corrected chi connectivity index (χ2v) is 3.20. The largest absolute Gasteiger partial charge is 0.306 e. The third kappa shape index (κ3) is 1.19. The lowest BCUT2D eigenvalue weighted by molar-refractivity contribution is 1.18. The van der Waals surface area contributed by atoms with Crippen LogP contribution in [0.25, 0.3) is 5.65 Å². The van der Waals surface area contributed by atoms with E-state index in [1.54, 1.807) is 0 Å². The van der Waals surface area contributed by atoms with Crippen molar-refractivity contribution in [1.82, 2.24) is 9.38 Å². The molecule has 2 aromatic rings. The molecule has 2 heterocycles. The first-order chi connectivity index (χ1) is 5.81. The fourth-order valence-corrected chi connectivity index (χ4v) is 1.47. The number of pyridine rings is 1. The lowest BCUT2D eigenvalue weighted by Gasteiger charge is -1.92. The van der Waals surface area contributed by atoms with Crippen LogP contribution in [0.1, 0.15) is 5.69 Å². The molecule has 0 aromatic carbocycles. The summed E-state index contributed by atoms with van der Waals surface area (Å²) in [6, 6.07) is 3.71. The lowest BCUT2D eigenvalue weighted by Crippen LogP contribution is -1.80. The molecule has 2 aromatic heterocycles. The van der Waals surface area contributed by atoms with Crippen LogP contribution in [0.3, 0.4) is 0 Å². The maximum Gasteiger partial charge on any atom is 0.155 e. The first kappa shape index (κ1) is 7.95. The van der Waals surface area contributed by atoms with E-state index in [0.29, 0.717) is 10.8 Å². The van der Waals surface area contributed by atoms with E-state index in [9.17, 15) is 0 Å². The summed E-state index contributed by atoms with van der Waals surface area (Å²) >= 11 is 10.1. The minimum atomic E-state index is 0.637. The van der Waals surface area contributed by atoms with Gasteiger partial charge in [0.05, 0.1) is 10.7 Å². The maximum atomic E-state index is 5.92. The summed E-state index contributed by atoms with van der Waals surface area (Å²) in [4.78, 5) is 4.29. The Bertz CT molecular complexity index is 410. The summed E-state index contributed by atoms with van der Waals surface area (Å²) < 4.78 is 1.90. The molecule has 0 spiro atoms. The highest BCUT2D eigenvalue weighted by Crippen LogP contribution is 2.16. The van der Waals surface area contributed by atoms with Gasteiger partial charge in [0.25, 0.3) is 0 Å². The Balaban J connectivity index is 2.74. The number of imidazole rings is 1. The van der Waals surface area contributed by atoms with Gasteiger partial charge in [-0.05, 0) is 12.1 Å². The molecule has 12 heavy (non-hydrogen) atoms. The molecular formula is C8H7ClN2S. The number of aromatic nitrogens is 2. The van der Waals surface area contributed by atoms with Crippen molar-refractivity contribution in [2.45, 2.75) is 5.75 Å². The Labute approximate surface area is 80.6 Å². The molecule has 4 heteroatoms. The Morgan fingerprint density at radius 2 is 2.42 bits per heavy atom. The van der Waals surface area contributed by atoms with Gasteiger partial charge in [-0.25, -0.2) is 4.98 Å². The Morgan fingerprint density at radius 1 is 1.58 bits per heavy atom. The number of hydrogen-bond donors (Lipinski definition) is 1. The van der Waals surface area contributed by atoms with Gasteiger partial charge in [-0.1, -0.05) is 11.6 Å². The number of thiol groups is 1. The van der Waals surface area contributed by atoms with Crippen LogP contribution < -0.4 is 0 Å². The standard InChI is InChI=1S/C8H7ClN2S/c9-7-2-1-3-11-4-6(5-12)10-8(7)11/h1-4,12H,5H2. The predicted molar refractivity (Wildman–Crippen MR) is 52.9 cm³/mol. The van der Waals surface area contributed by atoms with Gasteiger partial charge in [-0.3, -0.25) is 0 Å². The molecule has 0 bridgehead atoms. The normalized spacial score (nSPS) is 10.8. The third-order valence-electron chi connectivity index (χ3n) is 1.65.